The molecule has 10 heteroatoms. The van der Waals surface area contributed by atoms with Crippen LogP contribution < -0.4 is 0 Å². The van der Waals surface area contributed by atoms with E-state index in [-0.39, 0.29) is 0 Å². The largest absolute Gasteiger partial charge is 0.490 e. The fraction of sp³-hybridized carbons (Fsp3) is 0.500. The first-order valence-electron chi connectivity index (χ1n) is 4.03. The van der Waals surface area contributed by atoms with Gasteiger partial charge in [0.1, 0.15) is 13.2 Å². The van der Waals surface area contributed by atoms with Gasteiger partial charge in [-0.05, 0) is 0 Å². The van der Waals surface area contributed by atoms with Crippen LogP contribution in [-0.4, -0.2) is 37.5 Å². The van der Waals surface area contributed by atoms with Gasteiger partial charge in [-0.3, -0.25) is 0 Å². The van der Waals surface area contributed by atoms with E-state index in [1.165, 1.54) is 0 Å². The molecule has 0 aliphatic heterocycles. The van der Waals surface area contributed by atoms with Crippen molar-refractivity contribution in [1.82, 2.24) is 0 Å². The molecule has 0 aromatic carbocycles. The van der Waals surface area contributed by atoms with Crippen molar-refractivity contribution < 1.29 is 45.4 Å². The van der Waals surface area contributed by atoms with Gasteiger partial charge >= 0.3 is 24.3 Å². The molecule has 0 aromatic rings. The lowest BCUT2D eigenvalue weighted by molar-refractivity contribution is -0.207. The van der Waals surface area contributed by atoms with Crippen LogP contribution in [0.15, 0.2) is 13.2 Å². The third-order valence-corrected chi connectivity index (χ3v) is 1.01. The van der Waals surface area contributed by atoms with Gasteiger partial charge in [0.05, 0.1) is 0 Å². The fourth-order valence-electron chi connectivity index (χ4n) is 0.432. The SMILES string of the molecule is C=C.O=C(OCCOC(=O)C(F)(F)F)C(F)(F)F. The van der Waals surface area contributed by atoms with E-state index in [1.807, 2.05) is 0 Å². The number of rotatable bonds is 3. The maximum Gasteiger partial charge on any atom is 0.490 e. The van der Waals surface area contributed by atoms with Crippen LogP contribution in [0.4, 0.5) is 26.3 Å². The van der Waals surface area contributed by atoms with Crippen molar-refractivity contribution in [2.75, 3.05) is 13.2 Å². The number of halogens is 6. The van der Waals surface area contributed by atoms with Gasteiger partial charge in [-0.2, -0.15) is 26.3 Å². The molecule has 0 aromatic heterocycles. The highest BCUT2D eigenvalue weighted by molar-refractivity contribution is 5.76. The molecule has 106 valence electrons. The van der Waals surface area contributed by atoms with Crippen LogP contribution in [0.2, 0.25) is 0 Å². The number of carbonyl (C=O) groups excluding carboxylic acids is 2. The summed E-state index contributed by atoms with van der Waals surface area (Å²) in [6.45, 7) is 3.78. The molecule has 0 amide bonds. The first-order chi connectivity index (χ1) is 8.05. The zero-order valence-corrected chi connectivity index (χ0v) is 8.73. The summed E-state index contributed by atoms with van der Waals surface area (Å²) in [5.41, 5.74) is 0. The number of hydrogen-bond acceptors (Lipinski definition) is 4. The second-order valence-corrected chi connectivity index (χ2v) is 2.27. The highest BCUT2D eigenvalue weighted by Crippen LogP contribution is 2.17. The minimum Gasteiger partial charge on any atom is -0.455 e. The second-order valence-electron chi connectivity index (χ2n) is 2.27. The van der Waals surface area contributed by atoms with Crippen LogP contribution in [0.5, 0.6) is 0 Å². The van der Waals surface area contributed by atoms with Gasteiger partial charge in [-0.15, -0.1) is 13.2 Å². The van der Waals surface area contributed by atoms with E-state index >= 15 is 0 Å². The normalized spacial score (nSPS) is 11.0. The van der Waals surface area contributed by atoms with Crippen molar-refractivity contribution in [1.29, 1.82) is 0 Å². The zero-order chi connectivity index (χ0) is 15.0. The van der Waals surface area contributed by atoms with Crippen LogP contribution in [0, 0.1) is 0 Å². The molecule has 0 spiro atoms. The van der Waals surface area contributed by atoms with Crippen LogP contribution in [-0.2, 0) is 19.1 Å². The third-order valence-electron chi connectivity index (χ3n) is 1.01. The van der Waals surface area contributed by atoms with E-state index in [4.69, 9.17) is 0 Å². The molecule has 0 radical (unpaired) electrons. The lowest BCUT2D eigenvalue weighted by Crippen LogP contribution is -2.29. The molecular formula is C8H8F6O4. The van der Waals surface area contributed by atoms with Crippen LogP contribution in [0.1, 0.15) is 0 Å². The molecule has 0 rings (SSSR count). The van der Waals surface area contributed by atoms with Gasteiger partial charge in [0, 0.05) is 0 Å². The van der Waals surface area contributed by atoms with Crippen molar-refractivity contribution in [2.45, 2.75) is 12.4 Å². The predicted molar refractivity (Wildman–Crippen MR) is 45.3 cm³/mol. The van der Waals surface area contributed by atoms with Crippen molar-refractivity contribution in [3.8, 4) is 0 Å². The quantitative estimate of drug-likeness (QED) is 0.344. The zero-order valence-electron chi connectivity index (χ0n) is 8.73. The lowest BCUT2D eigenvalue weighted by Gasteiger charge is -2.08. The fourth-order valence-corrected chi connectivity index (χ4v) is 0.432. The highest BCUT2D eigenvalue weighted by atomic mass is 19.4. The number of hydrogen-bond donors (Lipinski definition) is 0. The van der Waals surface area contributed by atoms with Gasteiger partial charge in [0.2, 0.25) is 0 Å². The minimum absolute atomic E-state index is 1.11. The summed E-state index contributed by atoms with van der Waals surface area (Å²) in [4.78, 5) is 20.0. The Morgan fingerprint density at radius 2 is 1.00 bits per heavy atom. The van der Waals surface area contributed by atoms with Gasteiger partial charge in [-0.1, -0.05) is 0 Å². The number of alkyl halides is 6. The molecule has 4 nitrogen and oxygen atoms in total. The standard InChI is InChI=1S/C6H4F6O4.C2H4/c7-5(8,9)3(13)15-1-2-16-4(14)6(10,11)12;1-2/h1-2H2;1-2H2. The summed E-state index contributed by atoms with van der Waals surface area (Å²) >= 11 is 0. The molecule has 0 atom stereocenters. The molecule has 0 unspecified atom stereocenters. The molecule has 0 bridgehead atoms. The summed E-state index contributed by atoms with van der Waals surface area (Å²) in [6.07, 6.45) is -10.5. The van der Waals surface area contributed by atoms with Gasteiger partial charge in [-0.25, -0.2) is 9.59 Å². The number of esters is 2. The first-order valence-corrected chi connectivity index (χ1v) is 4.03. The Morgan fingerprint density at radius 1 is 0.778 bits per heavy atom. The van der Waals surface area contributed by atoms with E-state index in [9.17, 15) is 35.9 Å². The van der Waals surface area contributed by atoms with Crippen LogP contribution in [0.3, 0.4) is 0 Å². The summed E-state index contributed by atoms with van der Waals surface area (Å²) in [6, 6.07) is 0. The summed E-state index contributed by atoms with van der Waals surface area (Å²) in [5, 5.41) is 0. The Bertz CT molecular complexity index is 254. The molecule has 0 aliphatic carbocycles. The first kappa shape index (κ1) is 18.6. The van der Waals surface area contributed by atoms with Crippen molar-refractivity contribution in [2.24, 2.45) is 0 Å². The smallest absolute Gasteiger partial charge is 0.455 e. The maximum atomic E-state index is 11.5. The topological polar surface area (TPSA) is 52.6 Å². The number of ether oxygens (including phenoxy) is 2. The predicted octanol–water partition coefficient (Wildman–Crippen LogP) is 2.00. The van der Waals surface area contributed by atoms with E-state index in [1.54, 1.807) is 0 Å². The summed E-state index contributed by atoms with van der Waals surface area (Å²) in [7, 11) is 0. The lowest BCUT2D eigenvalue weighted by atomic mass is 10.6. The summed E-state index contributed by atoms with van der Waals surface area (Å²) < 4.78 is 75.7. The molecule has 0 N–H and O–H groups in total. The van der Waals surface area contributed by atoms with E-state index in [2.05, 4.69) is 22.6 Å². The van der Waals surface area contributed by atoms with Crippen molar-refractivity contribution in [3.63, 3.8) is 0 Å². The highest BCUT2D eigenvalue weighted by Gasteiger charge is 2.42. The minimum atomic E-state index is -5.24. The Kier molecular flexibility index (Phi) is 7.82. The second kappa shape index (κ2) is 7.56. The van der Waals surface area contributed by atoms with Gasteiger partial charge in [0.25, 0.3) is 0 Å². The van der Waals surface area contributed by atoms with E-state index < -0.39 is 37.5 Å². The molecule has 0 heterocycles. The molecule has 0 aliphatic rings. The van der Waals surface area contributed by atoms with Gasteiger partial charge < -0.3 is 9.47 Å². The van der Waals surface area contributed by atoms with Gasteiger partial charge in [0.15, 0.2) is 0 Å². The monoisotopic (exact) mass is 282 g/mol. The maximum absolute atomic E-state index is 11.5. The van der Waals surface area contributed by atoms with Crippen LogP contribution in [0.25, 0.3) is 0 Å². The molecule has 18 heavy (non-hydrogen) atoms. The average molecular weight is 282 g/mol. The van der Waals surface area contributed by atoms with Crippen LogP contribution >= 0.6 is 0 Å². The molecule has 0 saturated carbocycles. The molecule has 0 saturated heterocycles. The Balaban J connectivity index is 0. The van der Waals surface area contributed by atoms with E-state index in [0.717, 1.165) is 0 Å². The third kappa shape index (κ3) is 8.42. The Morgan fingerprint density at radius 3 is 1.17 bits per heavy atom. The van der Waals surface area contributed by atoms with Crippen molar-refractivity contribution in [3.05, 3.63) is 13.2 Å². The molecular weight excluding hydrogens is 274 g/mol. The Labute approximate surface area is 97.2 Å². The Hall–Kier alpha value is -1.74. The van der Waals surface area contributed by atoms with Crippen molar-refractivity contribution >= 4 is 11.9 Å². The van der Waals surface area contributed by atoms with E-state index in [0.29, 0.717) is 0 Å². The number of carbonyl (C=O) groups is 2. The summed E-state index contributed by atoms with van der Waals surface area (Å²) in [5.74, 6) is -5.15. The average Bonchev–Trinajstić information content (AvgIpc) is 2.23. The molecule has 0 fully saturated rings.